The molecule has 1 aromatic heterocycles. The predicted molar refractivity (Wildman–Crippen MR) is 107 cm³/mol. The van der Waals surface area contributed by atoms with Crippen LogP contribution in [0.25, 0.3) is 11.3 Å². The molecule has 0 aliphatic heterocycles. The molecule has 2 aromatic carbocycles. The number of unbranched alkanes of at least 4 members (excludes halogenated alkanes) is 1. The van der Waals surface area contributed by atoms with Crippen LogP contribution in [-0.2, 0) is 6.54 Å². The largest absolute Gasteiger partial charge is 0.530 e. The minimum Gasteiger partial charge on any atom is -0.530 e. The van der Waals surface area contributed by atoms with Crippen LogP contribution in [0.2, 0.25) is 0 Å². The normalized spacial score (nSPS) is 11.9. The van der Waals surface area contributed by atoms with E-state index in [2.05, 4.69) is 44.9 Å². The van der Waals surface area contributed by atoms with Gasteiger partial charge in [-0.2, -0.15) is 0 Å². The van der Waals surface area contributed by atoms with Gasteiger partial charge in [-0.3, -0.25) is 0 Å². The number of carbonyl (C=O) groups is 1. The molecule has 3 rings (SSSR count). The molecule has 6 heteroatoms. The molecule has 0 aliphatic rings. The summed E-state index contributed by atoms with van der Waals surface area (Å²) in [6.07, 6.45) is 3.11. The van der Waals surface area contributed by atoms with Crippen LogP contribution in [0, 0.1) is 0 Å². The van der Waals surface area contributed by atoms with Gasteiger partial charge in [-0.15, -0.1) is 0 Å². The second-order valence-electron chi connectivity index (χ2n) is 6.68. The second-order valence-corrected chi connectivity index (χ2v) is 6.68. The summed E-state index contributed by atoms with van der Waals surface area (Å²) in [5.41, 5.74) is 3.29. The van der Waals surface area contributed by atoms with E-state index in [1.807, 2.05) is 42.6 Å². The maximum Gasteiger partial charge on any atom is 0.134 e. The highest BCUT2D eigenvalue weighted by Crippen LogP contribution is 2.22. The molecule has 0 radical (unpaired) electrons. The molecule has 0 saturated heterocycles. The molecule has 0 spiro atoms. The lowest BCUT2D eigenvalue weighted by atomic mass is 10.1. The molecule has 6 nitrogen and oxygen atoms in total. The third kappa shape index (κ3) is 5.96. The van der Waals surface area contributed by atoms with Gasteiger partial charge in [0.15, 0.2) is 0 Å². The number of amides is 1. The molecule has 0 bridgehead atoms. The van der Waals surface area contributed by atoms with Crippen LogP contribution in [0.1, 0.15) is 36.7 Å². The molecule has 1 atom stereocenters. The van der Waals surface area contributed by atoms with Crippen molar-refractivity contribution < 1.29 is 9.90 Å². The smallest absolute Gasteiger partial charge is 0.134 e. The molecule has 0 fully saturated rings. The van der Waals surface area contributed by atoms with E-state index in [1.54, 1.807) is 0 Å². The van der Waals surface area contributed by atoms with Gasteiger partial charge in [-0.1, -0.05) is 60.7 Å². The van der Waals surface area contributed by atoms with Crippen molar-refractivity contribution in [2.24, 2.45) is 0 Å². The van der Waals surface area contributed by atoms with Crippen molar-refractivity contribution in [2.75, 3.05) is 6.54 Å². The number of carboxylic acid groups (broad SMARTS) is 1. The van der Waals surface area contributed by atoms with Crippen molar-refractivity contribution in [3.63, 3.8) is 0 Å². The molecule has 0 saturated carbocycles. The number of carbonyl (C=O) groups excluding carboxylic acids is 1. The van der Waals surface area contributed by atoms with Gasteiger partial charge in [0.2, 0.25) is 0 Å². The molecular formula is C22H25N4O2-. The van der Waals surface area contributed by atoms with Crippen molar-refractivity contribution in [3.8, 4) is 11.3 Å². The monoisotopic (exact) mass is 377 g/mol. The Morgan fingerprint density at radius 2 is 1.75 bits per heavy atom. The van der Waals surface area contributed by atoms with Crippen molar-refractivity contribution in [3.05, 3.63) is 78.2 Å². The van der Waals surface area contributed by atoms with Gasteiger partial charge in [0.25, 0.3) is 0 Å². The molecule has 146 valence electrons. The lowest BCUT2D eigenvalue weighted by Gasteiger charge is -2.17. The number of hydrogen-bond acceptors (Lipinski definition) is 4. The Bertz CT molecular complexity index is 849. The number of H-pyrrole nitrogens is 1. The molecule has 3 aromatic rings. The van der Waals surface area contributed by atoms with Crippen LogP contribution in [0.5, 0.6) is 0 Å². The Labute approximate surface area is 165 Å². The van der Waals surface area contributed by atoms with E-state index in [0.29, 0.717) is 6.54 Å². The van der Waals surface area contributed by atoms with Crippen molar-refractivity contribution >= 4 is 6.09 Å². The minimum absolute atomic E-state index is 0.0561. The van der Waals surface area contributed by atoms with Crippen LogP contribution >= 0.6 is 0 Å². The number of benzene rings is 2. The van der Waals surface area contributed by atoms with Crippen LogP contribution < -0.4 is 15.7 Å². The zero-order valence-electron chi connectivity index (χ0n) is 15.7. The number of aromatic nitrogens is 2. The molecule has 3 N–H and O–H groups in total. The fourth-order valence-corrected chi connectivity index (χ4v) is 3.11. The Hall–Kier alpha value is -3.12. The number of aromatic amines is 1. The average Bonchev–Trinajstić information content (AvgIpc) is 3.21. The summed E-state index contributed by atoms with van der Waals surface area (Å²) in [6.45, 7) is 1.14. The third-order valence-corrected chi connectivity index (χ3v) is 4.59. The molecule has 28 heavy (non-hydrogen) atoms. The fourth-order valence-electron chi connectivity index (χ4n) is 3.11. The summed E-state index contributed by atoms with van der Waals surface area (Å²) in [4.78, 5) is 18.5. The van der Waals surface area contributed by atoms with Crippen molar-refractivity contribution in [1.82, 2.24) is 20.6 Å². The standard InChI is InChI=1S/C22H26N4O2/c27-22(28)23-14-8-7-13-19(24-15-17-9-3-1-4-10-17)21-25-16-20(26-21)18-11-5-2-6-12-18/h1-6,9-12,16,19,23-24H,7-8,13-15H2,(H,25,26)(H,27,28)/p-1. The van der Waals surface area contributed by atoms with Crippen LogP contribution in [0.4, 0.5) is 4.79 Å². The van der Waals surface area contributed by atoms with E-state index in [9.17, 15) is 9.90 Å². The predicted octanol–water partition coefficient (Wildman–Crippen LogP) is 3.01. The maximum atomic E-state index is 10.5. The van der Waals surface area contributed by atoms with Gasteiger partial charge in [-0.25, -0.2) is 4.98 Å². The first-order valence-electron chi connectivity index (χ1n) is 9.55. The number of nitrogens with one attached hydrogen (secondary N) is 3. The van der Waals surface area contributed by atoms with Crippen molar-refractivity contribution in [2.45, 2.75) is 31.8 Å². The fraction of sp³-hybridized carbons (Fsp3) is 0.273. The van der Waals surface area contributed by atoms with Gasteiger partial charge in [0, 0.05) is 13.1 Å². The first-order valence-corrected chi connectivity index (χ1v) is 9.55. The Kier molecular flexibility index (Phi) is 7.21. The van der Waals surface area contributed by atoms with Gasteiger partial charge in [0.1, 0.15) is 11.9 Å². The van der Waals surface area contributed by atoms with E-state index in [4.69, 9.17) is 0 Å². The Morgan fingerprint density at radius 1 is 1.04 bits per heavy atom. The van der Waals surface area contributed by atoms with E-state index < -0.39 is 6.09 Å². The molecule has 1 amide bonds. The number of imidazole rings is 1. The summed E-state index contributed by atoms with van der Waals surface area (Å²) in [6, 6.07) is 20.4. The van der Waals surface area contributed by atoms with E-state index in [1.165, 1.54) is 5.56 Å². The second kappa shape index (κ2) is 10.3. The molecule has 1 unspecified atom stereocenters. The zero-order valence-corrected chi connectivity index (χ0v) is 15.7. The quantitative estimate of drug-likeness (QED) is 0.474. The molecule has 0 aliphatic carbocycles. The Balaban J connectivity index is 1.64. The highest BCUT2D eigenvalue weighted by molar-refractivity contribution is 5.61. The first-order chi connectivity index (χ1) is 13.7. The Morgan fingerprint density at radius 3 is 2.46 bits per heavy atom. The van der Waals surface area contributed by atoms with Crippen LogP contribution in [-0.4, -0.2) is 22.6 Å². The lowest BCUT2D eigenvalue weighted by Crippen LogP contribution is -2.36. The summed E-state index contributed by atoms with van der Waals surface area (Å²) < 4.78 is 0. The maximum absolute atomic E-state index is 10.5. The first kappa shape index (κ1) is 19.6. The molecular weight excluding hydrogens is 352 g/mol. The van der Waals surface area contributed by atoms with E-state index in [0.717, 1.165) is 42.9 Å². The van der Waals surface area contributed by atoms with Gasteiger partial charge in [-0.05, 0) is 30.4 Å². The van der Waals surface area contributed by atoms with E-state index in [-0.39, 0.29) is 6.04 Å². The summed E-state index contributed by atoms with van der Waals surface area (Å²) in [7, 11) is 0. The number of hydrogen-bond donors (Lipinski definition) is 3. The highest BCUT2D eigenvalue weighted by Gasteiger charge is 2.15. The summed E-state index contributed by atoms with van der Waals surface area (Å²) in [5.74, 6) is 0.891. The number of rotatable bonds is 10. The van der Waals surface area contributed by atoms with Gasteiger partial charge in [0.05, 0.1) is 17.9 Å². The zero-order chi connectivity index (χ0) is 19.6. The summed E-state index contributed by atoms with van der Waals surface area (Å²) in [5, 5.41) is 16.3. The van der Waals surface area contributed by atoms with Gasteiger partial charge >= 0.3 is 0 Å². The van der Waals surface area contributed by atoms with Crippen LogP contribution in [0.3, 0.4) is 0 Å². The molecule has 1 heterocycles. The van der Waals surface area contributed by atoms with Crippen LogP contribution in [0.15, 0.2) is 66.9 Å². The van der Waals surface area contributed by atoms with E-state index >= 15 is 0 Å². The summed E-state index contributed by atoms with van der Waals surface area (Å²) >= 11 is 0. The van der Waals surface area contributed by atoms with Crippen molar-refractivity contribution in [1.29, 1.82) is 0 Å². The van der Waals surface area contributed by atoms with Gasteiger partial charge < -0.3 is 25.5 Å². The third-order valence-electron chi connectivity index (χ3n) is 4.59. The minimum atomic E-state index is -1.22. The number of nitrogens with zero attached hydrogens (tertiary/aromatic N) is 1. The average molecular weight is 377 g/mol. The lowest BCUT2D eigenvalue weighted by molar-refractivity contribution is -0.250. The topological polar surface area (TPSA) is 92.9 Å². The SMILES string of the molecule is O=C([O-])NCCCCC(NCc1ccccc1)c1ncc(-c2ccccc2)[nH]1. The highest BCUT2D eigenvalue weighted by atomic mass is 16.4.